The van der Waals surface area contributed by atoms with Crippen LogP contribution in [0.5, 0.6) is 0 Å². The summed E-state index contributed by atoms with van der Waals surface area (Å²) >= 11 is 7.44. The highest BCUT2D eigenvalue weighted by molar-refractivity contribution is 8.00. The van der Waals surface area contributed by atoms with E-state index in [4.69, 9.17) is 16.3 Å². The first-order valence-electron chi connectivity index (χ1n) is 10.0. The Morgan fingerprint density at radius 3 is 2.79 bits per heavy atom. The van der Waals surface area contributed by atoms with Gasteiger partial charge in [0.1, 0.15) is 0 Å². The van der Waals surface area contributed by atoms with E-state index in [1.54, 1.807) is 29.9 Å². The van der Waals surface area contributed by atoms with Gasteiger partial charge in [0.15, 0.2) is 5.16 Å². The van der Waals surface area contributed by atoms with E-state index < -0.39 is 0 Å². The number of likely N-dealkylation sites (tertiary alicyclic amines) is 1. The molecule has 8 heteroatoms. The summed E-state index contributed by atoms with van der Waals surface area (Å²) in [7, 11) is 1.64. The minimum Gasteiger partial charge on any atom is -0.385 e. The van der Waals surface area contributed by atoms with Crippen LogP contribution in [0.4, 0.5) is 0 Å². The summed E-state index contributed by atoms with van der Waals surface area (Å²) in [4.78, 5) is 32.6. The Kier molecular flexibility index (Phi) is 7.60. The number of ether oxygens (including phenoxy) is 1. The van der Waals surface area contributed by atoms with Gasteiger partial charge in [-0.15, -0.1) is 0 Å². The molecule has 29 heavy (non-hydrogen) atoms. The van der Waals surface area contributed by atoms with Crippen LogP contribution in [-0.2, 0) is 16.1 Å². The number of carbonyl (C=O) groups excluding carboxylic acids is 1. The Bertz CT molecular complexity index is 925. The third kappa shape index (κ3) is 5.32. The molecule has 2 heterocycles. The summed E-state index contributed by atoms with van der Waals surface area (Å²) < 4.78 is 6.79. The van der Waals surface area contributed by atoms with Crippen molar-refractivity contribution in [3.63, 3.8) is 0 Å². The molecule has 0 bridgehead atoms. The number of benzene rings is 1. The summed E-state index contributed by atoms with van der Waals surface area (Å²) in [6.45, 7) is 6.75. The predicted molar refractivity (Wildman–Crippen MR) is 118 cm³/mol. The smallest absolute Gasteiger partial charge is 0.262 e. The van der Waals surface area contributed by atoms with Crippen LogP contribution < -0.4 is 5.56 Å². The van der Waals surface area contributed by atoms with Gasteiger partial charge in [0.05, 0.1) is 16.2 Å². The Morgan fingerprint density at radius 2 is 2.10 bits per heavy atom. The SMILES string of the molecule is COCCCn1c(SC(C)C(=O)N2CCC(C)CC2)nc2cc(Cl)ccc2c1=O. The molecule has 0 aliphatic carbocycles. The number of hydrogen-bond donors (Lipinski definition) is 0. The number of aromatic nitrogens is 2. The van der Waals surface area contributed by atoms with Crippen molar-refractivity contribution < 1.29 is 9.53 Å². The van der Waals surface area contributed by atoms with E-state index >= 15 is 0 Å². The van der Waals surface area contributed by atoms with Gasteiger partial charge in [0.2, 0.25) is 5.91 Å². The van der Waals surface area contributed by atoms with Crippen LogP contribution in [0.3, 0.4) is 0 Å². The van der Waals surface area contributed by atoms with Gasteiger partial charge in [0, 0.05) is 38.4 Å². The van der Waals surface area contributed by atoms with E-state index in [9.17, 15) is 9.59 Å². The zero-order valence-corrected chi connectivity index (χ0v) is 18.8. The molecular weight excluding hydrogens is 410 g/mol. The molecule has 1 aromatic carbocycles. The zero-order valence-electron chi connectivity index (χ0n) is 17.2. The maximum Gasteiger partial charge on any atom is 0.262 e. The maximum absolute atomic E-state index is 13.1. The van der Waals surface area contributed by atoms with Crippen molar-refractivity contribution in [3.05, 3.63) is 33.6 Å². The van der Waals surface area contributed by atoms with E-state index in [1.807, 2.05) is 11.8 Å². The average Bonchev–Trinajstić information content (AvgIpc) is 2.70. The third-order valence-corrected chi connectivity index (χ3v) is 6.65. The highest BCUT2D eigenvalue weighted by atomic mass is 35.5. The average molecular weight is 438 g/mol. The van der Waals surface area contributed by atoms with Crippen molar-refractivity contribution in [1.29, 1.82) is 0 Å². The standard InChI is InChI=1S/C21H28ClN3O3S/c1-14-7-10-24(11-8-14)19(26)15(2)29-21-23-18-13-16(22)5-6-17(18)20(27)25(21)9-4-12-28-3/h5-6,13-15H,4,7-12H2,1-3H3. The fraction of sp³-hybridized carbons (Fsp3) is 0.571. The molecule has 0 saturated carbocycles. The molecule has 158 valence electrons. The number of thioether (sulfide) groups is 1. The molecule has 1 aliphatic rings. The van der Waals surface area contributed by atoms with Crippen molar-refractivity contribution in [1.82, 2.24) is 14.5 Å². The van der Waals surface area contributed by atoms with Crippen molar-refractivity contribution in [2.45, 2.75) is 50.1 Å². The fourth-order valence-electron chi connectivity index (χ4n) is 3.52. The molecule has 1 aromatic heterocycles. The van der Waals surface area contributed by atoms with Crippen LogP contribution >= 0.6 is 23.4 Å². The monoisotopic (exact) mass is 437 g/mol. The minimum atomic E-state index is -0.319. The largest absolute Gasteiger partial charge is 0.385 e. The van der Waals surface area contributed by atoms with E-state index in [1.165, 1.54) is 11.8 Å². The van der Waals surface area contributed by atoms with Crippen molar-refractivity contribution >= 4 is 40.2 Å². The number of halogens is 1. The first-order valence-corrected chi connectivity index (χ1v) is 11.3. The molecule has 1 saturated heterocycles. The molecule has 3 rings (SSSR count). The zero-order chi connectivity index (χ0) is 21.0. The number of piperidine rings is 1. The summed E-state index contributed by atoms with van der Waals surface area (Å²) in [5.41, 5.74) is 0.441. The predicted octanol–water partition coefficient (Wildman–Crippen LogP) is 3.83. The van der Waals surface area contributed by atoms with Crippen molar-refractivity contribution in [2.24, 2.45) is 5.92 Å². The number of hydrogen-bond acceptors (Lipinski definition) is 5. The molecule has 1 amide bonds. The van der Waals surface area contributed by atoms with E-state index in [0.717, 1.165) is 25.9 Å². The minimum absolute atomic E-state index is 0.103. The molecule has 2 aromatic rings. The summed E-state index contributed by atoms with van der Waals surface area (Å²) in [6.07, 6.45) is 2.77. The van der Waals surface area contributed by atoms with Crippen LogP contribution in [0.25, 0.3) is 10.9 Å². The van der Waals surface area contributed by atoms with Crippen LogP contribution in [0.1, 0.15) is 33.1 Å². The number of rotatable bonds is 7. The molecule has 1 fully saturated rings. The second-order valence-corrected chi connectivity index (χ2v) is 9.37. The lowest BCUT2D eigenvalue weighted by molar-refractivity contribution is -0.131. The molecule has 1 atom stereocenters. The number of nitrogens with zero attached hydrogens (tertiary/aromatic N) is 3. The van der Waals surface area contributed by atoms with Gasteiger partial charge < -0.3 is 9.64 Å². The number of carbonyl (C=O) groups is 1. The quantitative estimate of drug-likeness (QED) is 0.374. The van der Waals surface area contributed by atoms with E-state index in [2.05, 4.69) is 11.9 Å². The van der Waals surface area contributed by atoms with Gasteiger partial charge in [0.25, 0.3) is 5.56 Å². The summed E-state index contributed by atoms with van der Waals surface area (Å²) in [5, 5.41) is 1.29. The lowest BCUT2D eigenvalue weighted by Crippen LogP contribution is -2.42. The van der Waals surface area contributed by atoms with Crippen molar-refractivity contribution in [2.75, 3.05) is 26.8 Å². The Labute approximate surface area is 180 Å². The van der Waals surface area contributed by atoms with Gasteiger partial charge in [-0.25, -0.2) is 4.98 Å². The molecule has 0 spiro atoms. The molecule has 1 aliphatic heterocycles. The van der Waals surface area contributed by atoms with Gasteiger partial charge in [-0.1, -0.05) is 30.3 Å². The van der Waals surface area contributed by atoms with Crippen LogP contribution in [0, 0.1) is 5.92 Å². The first kappa shape index (κ1) is 22.1. The molecule has 1 unspecified atom stereocenters. The molecule has 0 N–H and O–H groups in total. The Morgan fingerprint density at radius 1 is 1.38 bits per heavy atom. The third-order valence-electron chi connectivity index (χ3n) is 5.34. The van der Waals surface area contributed by atoms with E-state index in [0.29, 0.717) is 46.6 Å². The topological polar surface area (TPSA) is 64.4 Å². The normalized spacial score (nSPS) is 16.3. The number of methoxy groups -OCH3 is 1. The van der Waals surface area contributed by atoms with Gasteiger partial charge >= 0.3 is 0 Å². The Hall–Kier alpha value is -1.57. The van der Waals surface area contributed by atoms with Crippen LogP contribution in [0.2, 0.25) is 5.02 Å². The van der Waals surface area contributed by atoms with Crippen LogP contribution in [-0.4, -0.2) is 52.4 Å². The van der Waals surface area contributed by atoms with Gasteiger partial charge in [-0.05, 0) is 50.3 Å². The first-order chi connectivity index (χ1) is 13.9. The van der Waals surface area contributed by atoms with Crippen molar-refractivity contribution in [3.8, 4) is 0 Å². The van der Waals surface area contributed by atoms with E-state index in [-0.39, 0.29) is 16.7 Å². The molecule has 6 nitrogen and oxygen atoms in total. The van der Waals surface area contributed by atoms with Gasteiger partial charge in [-0.2, -0.15) is 0 Å². The van der Waals surface area contributed by atoms with Gasteiger partial charge in [-0.3, -0.25) is 14.2 Å². The lowest BCUT2D eigenvalue weighted by atomic mass is 9.99. The highest BCUT2D eigenvalue weighted by Gasteiger charge is 2.26. The Balaban J connectivity index is 1.88. The van der Waals surface area contributed by atoms with Crippen LogP contribution in [0.15, 0.2) is 28.2 Å². The molecular formula is C21H28ClN3O3S. The summed E-state index contributed by atoms with van der Waals surface area (Å²) in [6, 6.07) is 5.10. The highest BCUT2D eigenvalue weighted by Crippen LogP contribution is 2.26. The maximum atomic E-state index is 13.1. The molecule has 0 radical (unpaired) electrons. The number of amides is 1. The second kappa shape index (κ2) is 9.96. The summed E-state index contributed by atoms with van der Waals surface area (Å²) in [5.74, 6) is 0.769. The second-order valence-electron chi connectivity index (χ2n) is 7.63. The lowest BCUT2D eigenvalue weighted by Gasteiger charge is -2.32. The number of fused-ring (bicyclic) bond motifs is 1. The fourth-order valence-corrected chi connectivity index (χ4v) is 4.71.